The molecule has 1 saturated heterocycles. The molecule has 0 amide bonds. The molecule has 0 aliphatic carbocycles. The Bertz CT molecular complexity index is 424. The third kappa shape index (κ3) is 4.96. The Morgan fingerprint density at radius 3 is 3.05 bits per heavy atom. The van der Waals surface area contributed by atoms with Gasteiger partial charge in [-0.1, -0.05) is 11.8 Å². The van der Waals surface area contributed by atoms with Crippen molar-refractivity contribution in [3.8, 4) is 11.8 Å². The monoisotopic (exact) mass is 280 g/mol. The first kappa shape index (κ1) is 14.5. The second-order valence-corrected chi connectivity index (χ2v) is 5.60. The van der Waals surface area contributed by atoms with Crippen molar-refractivity contribution in [2.45, 2.75) is 25.9 Å². The van der Waals surface area contributed by atoms with Crippen molar-refractivity contribution in [3.05, 3.63) is 21.9 Å². The van der Waals surface area contributed by atoms with Crippen LogP contribution in [0.1, 0.15) is 29.7 Å². The zero-order valence-electron chi connectivity index (χ0n) is 11.1. The molecular formula is C15H20O3S. The van der Waals surface area contributed by atoms with Gasteiger partial charge in [0.25, 0.3) is 0 Å². The van der Waals surface area contributed by atoms with Crippen LogP contribution in [-0.4, -0.2) is 31.5 Å². The molecule has 104 valence electrons. The van der Waals surface area contributed by atoms with Gasteiger partial charge in [0.2, 0.25) is 0 Å². The van der Waals surface area contributed by atoms with Crippen LogP contribution in [0.25, 0.3) is 0 Å². The summed E-state index contributed by atoms with van der Waals surface area (Å²) in [5.41, 5.74) is 1.03. The molecule has 0 saturated carbocycles. The summed E-state index contributed by atoms with van der Waals surface area (Å²) in [6.45, 7) is 3.30. The molecule has 0 unspecified atom stereocenters. The van der Waals surface area contributed by atoms with Crippen molar-refractivity contribution in [1.29, 1.82) is 0 Å². The quantitative estimate of drug-likeness (QED) is 0.842. The van der Waals surface area contributed by atoms with Gasteiger partial charge in [0.15, 0.2) is 0 Å². The van der Waals surface area contributed by atoms with E-state index in [-0.39, 0.29) is 6.61 Å². The Morgan fingerprint density at radius 1 is 1.42 bits per heavy atom. The van der Waals surface area contributed by atoms with Crippen LogP contribution in [0.2, 0.25) is 0 Å². The number of hydrogen-bond donors (Lipinski definition) is 1. The van der Waals surface area contributed by atoms with Crippen molar-refractivity contribution >= 4 is 11.3 Å². The fourth-order valence-corrected chi connectivity index (χ4v) is 2.77. The van der Waals surface area contributed by atoms with Crippen LogP contribution in [0.3, 0.4) is 0 Å². The van der Waals surface area contributed by atoms with E-state index in [0.717, 1.165) is 38.2 Å². The smallest absolute Gasteiger partial charge is 0.0822 e. The van der Waals surface area contributed by atoms with E-state index in [1.807, 2.05) is 11.4 Å². The molecule has 1 aromatic heterocycles. The second-order valence-electron chi connectivity index (χ2n) is 4.60. The molecule has 0 atom stereocenters. The van der Waals surface area contributed by atoms with E-state index in [2.05, 4.69) is 11.8 Å². The molecule has 1 aromatic rings. The van der Waals surface area contributed by atoms with Crippen molar-refractivity contribution in [3.63, 3.8) is 0 Å². The van der Waals surface area contributed by atoms with Crippen LogP contribution in [0.4, 0.5) is 0 Å². The average Bonchev–Trinajstić information content (AvgIpc) is 2.88. The summed E-state index contributed by atoms with van der Waals surface area (Å²) >= 11 is 1.68. The third-order valence-electron chi connectivity index (χ3n) is 3.13. The molecule has 0 spiro atoms. The van der Waals surface area contributed by atoms with Crippen LogP contribution in [0, 0.1) is 17.8 Å². The van der Waals surface area contributed by atoms with Crippen LogP contribution in [-0.2, 0) is 16.1 Å². The zero-order valence-corrected chi connectivity index (χ0v) is 11.9. The lowest BCUT2D eigenvalue weighted by Gasteiger charge is -2.21. The van der Waals surface area contributed by atoms with E-state index < -0.39 is 0 Å². The summed E-state index contributed by atoms with van der Waals surface area (Å²) in [6, 6.07) is 2.02. The Morgan fingerprint density at radius 2 is 2.26 bits per heavy atom. The van der Waals surface area contributed by atoms with Crippen LogP contribution in [0.15, 0.2) is 11.4 Å². The van der Waals surface area contributed by atoms with E-state index >= 15 is 0 Å². The van der Waals surface area contributed by atoms with Gasteiger partial charge < -0.3 is 14.6 Å². The number of thiophene rings is 1. The summed E-state index contributed by atoms with van der Waals surface area (Å²) in [5, 5.41) is 10.8. The highest BCUT2D eigenvalue weighted by atomic mass is 32.1. The normalized spacial score (nSPS) is 16.1. The Balaban J connectivity index is 1.76. The molecular weight excluding hydrogens is 260 g/mol. The first-order chi connectivity index (χ1) is 9.40. The van der Waals surface area contributed by atoms with E-state index in [0.29, 0.717) is 18.9 Å². The lowest BCUT2D eigenvalue weighted by Crippen LogP contribution is -2.20. The van der Waals surface area contributed by atoms with Crippen molar-refractivity contribution in [1.82, 2.24) is 0 Å². The van der Waals surface area contributed by atoms with Crippen molar-refractivity contribution in [2.24, 2.45) is 5.92 Å². The maximum Gasteiger partial charge on any atom is 0.0822 e. The highest BCUT2D eigenvalue weighted by Gasteiger charge is 2.14. The lowest BCUT2D eigenvalue weighted by molar-refractivity contribution is 0.0163. The molecule has 1 aliphatic rings. The van der Waals surface area contributed by atoms with Crippen molar-refractivity contribution in [2.75, 3.05) is 26.4 Å². The van der Waals surface area contributed by atoms with Gasteiger partial charge in [-0.25, -0.2) is 0 Å². The minimum Gasteiger partial charge on any atom is -0.395 e. The molecule has 1 fully saturated rings. The topological polar surface area (TPSA) is 38.7 Å². The minimum absolute atomic E-state index is 0.118. The van der Waals surface area contributed by atoms with Gasteiger partial charge in [-0.3, -0.25) is 0 Å². The Labute approximate surface area is 118 Å². The van der Waals surface area contributed by atoms with Gasteiger partial charge in [0, 0.05) is 30.1 Å². The number of aliphatic hydroxyl groups excluding tert-OH is 1. The SMILES string of the molecule is OCCC#Cc1ccsc1COCC1CCOCC1. The number of ether oxygens (including phenoxy) is 2. The van der Waals surface area contributed by atoms with E-state index in [1.165, 1.54) is 4.88 Å². The summed E-state index contributed by atoms with van der Waals surface area (Å²) < 4.78 is 11.1. The van der Waals surface area contributed by atoms with Crippen molar-refractivity contribution < 1.29 is 14.6 Å². The molecule has 19 heavy (non-hydrogen) atoms. The highest BCUT2D eigenvalue weighted by molar-refractivity contribution is 7.10. The molecule has 0 bridgehead atoms. The van der Waals surface area contributed by atoms with Gasteiger partial charge in [-0.15, -0.1) is 11.3 Å². The van der Waals surface area contributed by atoms with Crippen LogP contribution < -0.4 is 0 Å². The summed E-state index contributed by atoms with van der Waals surface area (Å²) in [7, 11) is 0. The molecule has 1 aliphatic heterocycles. The summed E-state index contributed by atoms with van der Waals surface area (Å²) in [5.74, 6) is 6.67. The molecule has 2 heterocycles. The number of rotatable bonds is 5. The fraction of sp³-hybridized carbons (Fsp3) is 0.600. The third-order valence-corrected chi connectivity index (χ3v) is 4.03. The average molecular weight is 280 g/mol. The number of hydrogen-bond acceptors (Lipinski definition) is 4. The Kier molecular flexibility index (Phi) is 6.38. The molecule has 4 heteroatoms. The number of aliphatic hydroxyl groups is 1. The standard InChI is InChI=1S/C15H20O3S/c16-7-2-1-3-14-6-10-19-15(14)12-18-11-13-4-8-17-9-5-13/h6,10,13,16H,2,4-5,7-9,11-12H2. The Hall–Kier alpha value is -0.860. The predicted molar refractivity (Wildman–Crippen MR) is 76.1 cm³/mol. The van der Waals surface area contributed by atoms with Gasteiger partial charge >= 0.3 is 0 Å². The molecule has 1 N–H and O–H groups in total. The molecule has 0 radical (unpaired) electrons. The summed E-state index contributed by atoms with van der Waals surface area (Å²) in [4.78, 5) is 1.18. The first-order valence-corrected chi connectivity index (χ1v) is 7.59. The lowest BCUT2D eigenvalue weighted by atomic mass is 10.0. The maximum atomic E-state index is 8.72. The van der Waals surface area contributed by atoms with E-state index in [9.17, 15) is 0 Å². The van der Waals surface area contributed by atoms with Crippen LogP contribution >= 0.6 is 11.3 Å². The highest BCUT2D eigenvalue weighted by Crippen LogP contribution is 2.19. The fourth-order valence-electron chi connectivity index (χ4n) is 2.01. The molecule has 3 nitrogen and oxygen atoms in total. The van der Waals surface area contributed by atoms with Gasteiger partial charge in [-0.05, 0) is 30.2 Å². The van der Waals surface area contributed by atoms with E-state index in [4.69, 9.17) is 14.6 Å². The van der Waals surface area contributed by atoms with Gasteiger partial charge in [0.1, 0.15) is 0 Å². The zero-order chi connectivity index (χ0) is 13.3. The van der Waals surface area contributed by atoms with Crippen LogP contribution in [0.5, 0.6) is 0 Å². The maximum absolute atomic E-state index is 8.72. The first-order valence-electron chi connectivity index (χ1n) is 6.71. The van der Waals surface area contributed by atoms with Gasteiger partial charge in [0.05, 0.1) is 19.8 Å². The summed E-state index contributed by atoms with van der Waals surface area (Å²) in [6.07, 6.45) is 2.74. The molecule has 2 rings (SSSR count). The predicted octanol–water partition coefficient (Wildman–Crippen LogP) is 2.43. The van der Waals surface area contributed by atoms with Gasteiger partial charge in [-0.2, -0.15) is 0 Å². The largest absolute Gasteiger partial charge is 0.395 e. The minimum atomic E-state index is 0.118. The molecule has 0 aromatic carbocycles. The van der Waals surface area contributed by atoms with E-state index in [1.54, 1.807) is 11.3 Å². The second kappa shape index (κ2) is 8.34.